The summed E-state index contributed by atoms with van der Waals surface area (Å²) in [5.41, 5.74) is 0.996. The first-order chi connectivity index (χ1) is 18.6. The number of halogens is 2. The lowest BCUT2D eigenvalue weighted by Gasteiger charge is -2.35. The van der Waals surface area contributed by atoms with Crippen LogP contribution in [-0.4, -0.2) is 51.9 Å². The van der Waals surface area contributed by atoms with Crippen LogP contribution in [0.5, 0.6) is 0 Å². The Hall–Kier alpha value is -2.84. The molecule has 2 aliphatic rings. The van der Waals surface area contributed by atoms with E-state index >= 15 is 0 Å². The average molecular weight is 450 g/mol. The van der Waals surface area contributed by atoms with E-state index in [0.717, 1.165) is 22.9 Å². The van der Waals surface area contributed by atoms with Crippen molar-refractivity contribution in [2.45, 2.75) is 38.1 Å². The molecule has 6 nitrogen and oxygen atoms in total. The van der Waals surface area contributed by atoms with Gasteiger partial charge in [-0.25, -0.2) is 13.5 Å². The molecule has 0 aliphatic carbocycles. The van der Waals surface area contributed by atoms with Crippen LogP contribution in [0, 0.1) is 18.6 Å². The van der Waals surface area contributed by atoms with Crippen LogP contribution in [0.2, 0.25) is 0 Å². The number of benzene rings is 2. The lowest BCUT2D eigenvalue weighted by Crippen LogP contribution is -2.41. The highest BCUT2D eigenvalue weighted by atomic mass is 19.1. The molecule has 2 fully saturated rings. The molecule has 0 amide bonds. The zero-order valence-electron chi connectivity index (χ0n) is 25.3. The summed E-state index contributed by atoms with van der Waals surface area (Å²) in [5.74, 6) is -3.41. The first-order valence-electron chi connectivity index (χ1n) is 14.2. The highest BCUT2D eigenvalue weighted by molar-refractivity contribution is 5.56. The number of likely N-dealkylation sites (tertiary alicyclic amines) is 1. The van der Waals surface area contributed by atoms with Gasteiger partial charge in [-0.2, -0.15) is 4.98 Å². The monoisotopic (exact) mass is 449 g/mol. The molecule has 1 N–H and O–H groups in total. The third-order valence-electron chi connectivity index (χ3n) is 5.22. The van der Waals surface area contributed by atoms with Crippen molar-refractivity contribution in [3.63, 3.8) is 0 Å². The lowest BCUT2D eigenvalue weighted by molar-refractivity contribution is 0.122. The summed E-state index contributed by atoms with van der Waals surface area (Å²) in [6, 6.07) is 6.57. The fraction of sp³-hybridized carbons (Fsp3) is 0.417. The van der Waals surface area contributed by atoms with E-state index < -0.39 is 49.3 Å². The fourth-order valence-electron chi connectivity index (χ4n) is 3.70. The van der Waals surface area contributed by atoms with Crippen molar-refractivity contribution in [2.75, 3.05) is 31.5 Å². The van der Waals surface area contributed by atoms with E-state index in [1.54, 1.807) is 13.0 Å². The molecule has 0 spiro atoms. The number of hydrogen-bond acceptors (Lipinski definition) is 5. The summed E-state index contributed by atoms with van der Waals surface area (Å²) < 4.78 is 104. The van der Waals surface area contributed by atoms with Crippen LogP contribution in [0.4, 0.5) is 20.4 Å². The Kier molecular flexibility index (Phi) is 3.82. The van der Waals surface area contributed by atoms with Crippen LogP contribution >= 0.6 is 0 Å². The van der Waals surface area contributed by atoms with Gasteiger partial charge in [0.2, 0.25) is 5.95 Å². The van der Waals surface area contributed by atoms with Crippen molar-refractivity contribution in [3.8, 4) is 5.69 Å². The molecule has 5 rings (SSSR count). The Morgan fingerprint density at radius 1 is 1.12 bits per heavy atom. The van der Waals surface area contributed by atoms with E-state index in [9.17, 15) is 8.78 Å². The Morgan fingerprint density at radius 2 is 1.91 bits per heavy atom. The number of rotatable bonds is 5. The second-order valence-electron chi connectivity index (χ2n) is 7.73. The number of hydrogen-bond donors (Lipinski definition) is 1. The SMILES string of the molecule is [2H]C1([2H])C(c2cc(C)cc(Nc3ncn(-c4cc(F)cc(F)c4)n3)c2)C([2H])([2H])C([2H])([2H])N(C2CCOC2)C1([2H])[2H].[HH]. The maximum atomic E-state index is 13.6. The zero-order valence-corrected chi connectivity index (χ0v) is 17.3. The van der Waals surface area contributed by atoms with Crippen LogP contribution in [0.25, 0.3) is 5.69 Å². The van der Waals surface area contributed by atoms with Crippen LogP contribution in [-0.2, 0) is 4.74 Å². The summed E-state index contributed by atoms with van der Waals surface area (Å²) in [6.45, 7) is -3.88. The Bertz CT molecular complexity index is 1380. The van der Waals surface area contributed by atoms with E-state index in [4.69, 9.17) is 15.7 Å². The summed E-state index contributed by atoms with van der Waals surface area (Å²) in [7, 11) is 0. The number of aromatic nitrogens is 3. The van der Waals surface area contributed by atoms with E-state index in [1.807, 2.05) is 0 Å². The molecule has 1 atom stereocenters. The van der Waals surface area contributed by atoms with Gasteiger partial charge in [-0.15, -0.1) is 5.10 Å². The maximum absolute atomic E-state index is 13.6. The second kappa shape index (κ2) is 8.96. The number of nitrogens with one attached hydrogen (secondary N) is 1. The van der Waals surface area contributed by atoms with Crippen molar-refractivity contribution >= 4 is 11.6 Å². The van der Waals surface area contributed by atoms with Gasteiger partial charge in [-0.1, -0.05) is 6.07 Å². The molecular weight excluding hydrogens is 412 g/mol. The predicted octanol–water partition coefficient (Wildman–Crippen LogP) is 4.81. The minimum absolute atomic E-state index is 0. The topological polar surface area (TPSA) is 55.2 Å². The molecular formula is C24H29F2N5O. The summed E-state index contributed by atoms with van der Waals surface area (Å²) in [4.78, 5) is 4.76. The highest BCUT2D eigenvalue weighted by Gasteiger charge is 2.28. The van der Waals surface area contributed by atoms with Gasteiger partial charge in [0.15, 0.2) is 0 Å². The van der Waals surface area contributed by atoms with E-state index in [-0.39, 0.29) is 38.3 Å². The van der Waals surface area contributed by atoms with Gasteiger partial charge in [0.05, 0.1) is 12.3 Å². The predicted molar refractivity (Wildman–Crippen MR) is 121 cm³/mol. The average Bonchev–Trinajstić information content (AvgIpc) is 3.49. The first-order valence-corrected chi connectivity index (χ1v) is 10.2. The molecule has 0 radical (unpaired) electrons. The minimum atomic E-state index is -2.89. The van der Waals surface area contributed by atoms with E-state index in [1.165, 1.54) is 18.5 Å². The van der Waals surface area contributed by atoms with Gasteiger partial charge in [0.25, 0.3) is 0 Å². The Labute approximate surface area is 198 Å². The molecule has 3 heterocycles. The minimum Gasteiger partial charge on any atom is -0.380 e. The standard InChI is InChI=1S/C24H27F2N5O.H2/c1-16-8-18(17-2-5-30(6-3-17)22-4-7-32-14-22)10-21(9-16)28-24-27-15-31(29-24)23-12-19(25)11-20(26)13-23;/h8-13,15,17,22H,2-7,14H2,1H3,(H,28,29);1H/i2D2,3D2,5D2,6D2;. The third-order valence-corrected chi connectivity index (χ3v) is 5.22. The van der Waals surface area contributed by atoms with Gasteiger partial charge in [0.1, 0.15) is 18.0 Å². The number of nitrogens with zero attached hydrogens (tertiary/aromatic N) is 4. The van der Waals surface area contributed by atoms with Gasteiger partial charge < -0.3 is 10.1 Å². The number of anilines is 2. The fourth-order valence-corrected chi connectivity index (χ4v) is 3.70. The summed E-state index contributed by atoms with van der Waals surface area (Å²) in [6.07, 6.45) is -4.25. The normalized spacial score (nSPS) is 30.0. The second-order valence-corrected chi connectivity index (χ2v) is 7.73. The van der Waals surface area contributed by atoms with Crippen molar-refractivity contribution in [1.82, 2.24) is 19.7 Å². The van der Waals surface area contributed by atoms with Gasteiger partial charge in [0, 0.05) is 36.8 Å². The molecule has 1 aromatic heterocycles. The smallest absolute Gasteiger partial charge is 0.246 e. The molecule has 2 aromatic carbocycles. The van der Waals surface area contributed by atoms with Crippen LogP contribution < -0.4 is 5.32 Å². The number of ether oxygens (including phenoxy) is 1. The number of aryl methyl sites for hydroxylation is 1. The quantitative estimate of drug-likeness (QED) is 0.606. The van der Waals surface area contributed by atoms with Crippen molar-refractivity contribution < 1.29 is 25.9 Å². The van der Waals surface area contributed by atoms with Crippen LogP contribution in [0.1, 0.15) is 48.6 Å². The van der Waals surface area contributed by atoms with Gasteiger partial charge >= 0.3 is 0 Å². The molecule has 1 unspecified atom stereocenters. The third kappa shape index (κ3) is 4.66. The molecule has 2 aliphatic heterocycles. The van der Waals surface area contributed by atoms with E-state index in [2.05, 4.69) is 15.4 Å². The number of piperidine rings is 1. The molecule has 170 valence electrons. The van der Waals surface area contributed by atoms with Crippen molar-refractivity contribution in [2.24, 2.45) is 0 Å². The first kappa shape index (κ1) is 13.6. The molecule has 32 heavy (non-hydrogen) atoms. The lowest BCUT2D eigenvalue weighted by atomic mass is 9.87. The molecule has 3 aromatic rings. The van der Waals surface area contributed by atoms with Crippen molar-refractivity contribution in [3.05, 3.63) is 65.5 Å². The Morgan fingerprint density at radius 3 is 2.62 bits per heavy atom. The highest BCUT2D eigenvalue weighted by Crippen LogP contribution is 2.32. The molecule has 0 saturated carbocycles. The summed E-state index contributed by atoms with van der Waals surface area (Å²) >= 11 is 0. The largest absolute Gasteiger partial charge is 0.380 e. The van der Waals surface area contributed by atoms with Crippen molar-refractivity contribution in [1.29, 1.82) is 0 Å². The van der Waals surface area contributed by atoms with Crippen LogP contribution in [0.3, 0.4) is 0 Å². The molecule has 2 saturated heterocycles. The van der Waals surface area contributed by atoms with E-state index in [0.29, 0.717) is 16.2 Å². The zero-order chi connectivity index (χ0) is 29.3. The Balaban J connectivity index is 0.00000387. The van der Waals surface area contributed by atoms with Gasteiger partial charge in [-0.3, -0.25) is 4.90 Å². The van der Waals surface area contributed by atoms with Crippen LogP contribution in [0.15, 0.2) is 42.7 Å². The van der Waals surface area contributed by atoms with Gasteiger partial charge in [-0.05, 0) is 80.4 Å². The summed E-state index contributed by atoms with van der Waals surface area (Å²) in [5, 5.41) is 7.07. The molecule has 8 heteroatoms. The molecule has 0 bridgehead atoms. The maximum Gasteiger partial charge on any atom is 0.246 e.